The van der Waals surface area contributed by atoms with Crippen LogP contribution in [-0.2, 0) is 0 Å². The first kappa shape index (κ1) is 9.39. The molecule has 4 heteroatoms. The fourth-order valence-electron chi connectivity index (χ4n) is 2.18. The summed E-state index contributed by atoms with van der Waals surface area (Å²) < 4.78 is 2.09. The van der Waals surface area contributed by atoms with Crippen molar-refractivity contribution in [3.05, 3.63) is 30.1 Å². The van der Waals surface area contributed by atoms with Crippen molar-refractivity contribution in [2.45, 2.75) is 19.4 Å². The van der Waals surface area contributed by atoms with E-state index in [1.807, 2.05) is 6.07 Å². The lowest BCUT2D eigenvalue weighted by atomic mass is 10.2. The lowest BCUT2D eigenvalue weighted by Crippen LogP contribution is -1.98. The zero-order chi connectivity index (χ0) is 11.3. The van der Waals surface area contributed by atoms with Crippen LogP contribution in [0.3, 0.4) is 0 Å². The maximum Gasteiger partial charge on any atom is 0.337 e. The number of para-hydroxylation sites is 1. The maximum absolute atomic E-state index is 11.0. The number of hydrogen-bond donors (Lipinski definition) is 1. The fourth-order valence-corrected chi connectivity index (χ4v) is 2.18. The third-order valence-electron chi connectivity index (χ3n) is 3.26. The van der Waals surface area contributed by atoms with Crippen molar-refractivity contribution in [2.75, 3.05) is 0 Å². The van der Waals surface area contributed by atoms with Gasteiger partial charge in [-0.1, -0.05) is 13.0 Å². The van der Waals surface area contributed by atoms with Crippen molar-refractivity contribution in [3.63, 3.8) is 0 Å². The summed E-state index contributed by atoms with van der Waals surface area (Å²) in [6.07, 6.45) is 2.91. The molecule has 0 bridgehead atoms. The highest BCUT2D eigenvalue weighted by molar-refractivity contribution is 6.00. The van der Waals surface area contributed by atoms with Gasteiger partial charge in [0.05, 0.1) is 17.4 Å². The number of aromatic carboxylic acids is 1. The Morgan fingerprint density at radius 1 is 1.56 bits per heavy atom. The van der Waals surface area contributed by atoms with Crippen LogP contribution < -0.4 is 0 Å². The molecule has 1 fully saturated rings. The van der Waals surface area contributed by atoms with Crippen molar-refractivity contribution in [1.82, 2.24) is 9.55 Å². The third-order valence-corrected chi connectivity index (χ3v) is 3.26. The first-order valence-corrected chi connectivity index (χ1v) is 5.37. The van der Waals surface area contributed by atoms with Gasteiger partial charge in [0.1, 0.15) is 5.52 Å². The minimum absolute atomic E-state index is 0.282. The molecular formula is C12H12N2O2. The summed E-state index contributed by atoms with van der Waals surface area (Å²) in [5.41, 5.74) is 1.80. The molecule has 82 valence electrons. The van der Waals surface area contributed by atoms with Crippen LogP contribution in [0.1, 0.15) is 29.7 Å². The van der Waals surface area contributed by atoms with Crippen molar-refractivity contribution in [1.29, 1.82) is 0 Å². The van der Waals surface area contributed by atoms with Gasteiger partial charge in [-0.25, -0.2) is 9.78 Å². The van der Waals surface area contributed by atoms with E-state index >= 15 is 0 Å². The van der Waals surface area contributed by atoms with E-state index in [0.29, 0.717) is 17.5 Å². The third kappa shape index (κ3) is 1.23. The van der Waals surface area contributed by atoms with Crippen molar-refractivity contribution >= 4 is 17.0 Å². The number of aromatic nitrogens is 2. The van der Waals surface area contributed by atoms with E-state index in [2.05, 4.69) is 16.5 Å². The first-order chi connectivity index (χ1) is 7.68. The molecule has 1 N–H and O–H groups in total. The number of hydrogen-bond acceptors (Lipinski definition) is 2. The Morgan fingerprint density at radius 2 is 2.31 bits per heavy atom. The van der Waals surface area contributed by atoms with Gasteiger partial charge < -0.3 is 9.67 Å². The Kier molecular flexibility index (Phi) is 1.80. The Balaban J connectivity index is 2.20. The molecule has 1 saturated carbocycles. The average molecular weight is 216 g/mol. The summed E-state index contributed by atoms with van der Waals surface area (Å²) in [5, 5.41) is 9.05. The summed E-state index contributed by atoms with van der Waals surface area (Å²) in [4.78, 5) is 15.2. The zero-order valence-corrected chi connectivity index (χ0v) is 8.92. The van der Waals surface area contributed by atoms with E-state index < -0.39 is 5.97 Å². The van der Waals surface area contributed by atoms with E-state index in [0.717, 1.165) is 11.9 Å². The number of fused-ring (bicyclic) bond motifs is 1. The number of rotatable bonds is 2. The molecule has 1 aliphatic rings. The number of benzene rings is 1. The predicted octanol–water partition coefficient (Wildman–Crippen LogP) is 2.32. The van der Waals surface area contributed by atoms with Crippen molar-refractivity contribution in [2.24, 2.45) is 5.92 Å². The molecule has 1 aromatic carbocycles. The molecule has 1 aliphatic carbocycles. The zero-order valence-electron chi connectivity index (χ0n) is 8.92. The SMILES string of the molecule is CC1CC1n1cnc2c(C(=O)O)cccc21. The van der Waals surface area contributed by atoms with Crippen LogP contribution in [0.5, 0.6) is 0 Å². The predicted molar refractivity (Wildman–Crippen MR) is 59.5 cm³/mol. The number of carbonyl (C=O) groups is 1. The lowest BCUT2D eigenvalue weighted by molar-refractivity contribution is 0.0699. The number of imidazole rings is 1. The van der Waals surface area contributed by atoms with Crippen LogP contribution in [-0.4, -0.2) is 20.6 Å². The number of carboxylic acid groups (broad SMARTS) is 1. The van der Waals surface area contributed by atoms with E-state index in [9.17, 15) is 4.79 Å². The number of nitrogens with zero attached hydrogens (tertiary/aromatic N) is 2. The summed E-state index contributed by atoms with van der Waals surface area (Å²) in [6, 6.07) is 5.80. The van der Waals surface area contributed by atoms with Gasteiger partial charge >= 0.3 is 5.97 Å². The molecule has 0 radical (unpaired) electrons. The van der Waals surface area contributed by atoms with Crippen molar-refractivity contribution < 1.29 is 9.90 Å². The molecule has 16 heavy (non-hydrogen) atoms. The van der Waals surface area contributed by atoms with Crippen LogP contribution in [0.15, 0.2) is 24.5 Å². The van der Waals surface area contributed by atoms with Gasteiger partial charge in [-0.15, -0.1) is 0 Å². The second-order valence-corrected chi connectivity index (χ2v) is 4.41. The normalized spacial score (nSPS) is 23.6. The molecule has 1 heterocycles. The lowest BCUT2D eigenvalue weighted by Gasteiger charge is -2.02. The fraction of sp³-hybridized carbons (Fsp3) is 0.333. The van der Waals surface area contributed by atoms with E-state index in [1.54, 1.807) is 18.5 Å². The van der Waals surface area contributed by atoms with Gasteiger partial charge in [0, 0.05) is 6.04 Å². The van der Waals surface area contributed by atoms with E-state index in [4.69, 9.17) is 5.11 Å². The minimum Gasteiger partial charge on any atom is -0.478 e. The first-order valence-electron chi connectivity index (χ1n) is 5.37. The molecule has 4 nitrogen and oxygen atoms in total. The molecule has 2 atom stereocenters. The minimum atomic E-state index is -0.917. The Bertz CT molecular complexity index is 573. The van der Waals surface area contributed by atoms with Crippen LogP contribution in [0.2, 0.25) is 0 Å². The summed E-state index contributed by atoms with van der Waals surface area (Å²) in [7, 11) is 0. The molecule has 0 saturated heterocycles. The molecule has 0 amide bonds. The standard InChI is InChI=1S/C12H12N2O2/c1-7-5-10(7)14-6-13-11-8(12(15)16)3-2-4-9(11)14/h2-4,6-7,10H,5H2,1H3,(H,15,16). The largest absolute Gasteiger partial charge is 0.478 e. The van der Waals surface area contributed by atoms with Gasteiger partial charge in [0.2, 0.25) is 0 Å². The molecule has 2 aromatic rings. The second kappa shape index (κ2) is 3.07. The van der Waals surface area contributed by atoms with Crippen molar-refractivity contribution in [3.8, 4) is 0 Å². The highest BCUT2D eigenvalue weighted by Gasteiger charge is 2.35. The highest BCUT2D eigenvalue weighted by Crippen LogP contribution is 2.44. The Labute approximate surface area is 92.5 Å². The topological polar surface area (TPSA) is 55.1 Å². The Hall–Kier alpha value is -1.84. The van der Waals surface area contributed by atoms with Gasteiger partial charge in [-0.3, -0.25) is 0 Å². The molecule has 3 rings (SSSR count). The summed E-state index contributed by atoms with van der Waals surface area (Å²) in [6.45, 7) is 2.19. The monoisotopic (exact) mass is 216 g/mol. The molecule has 0 aliphatic heterocycles. The molecular weight excluding hydrogens is 204 g/mol. The molecule has 1 aromatic heterocycles. The van der Waals surface area contributed by atoms with Gasteiger partial charge in [0.25, 0.3) is 0 Å². The van der Waals surface area contributed by atoms with Gasteiger partial charge in [-0.05, 0) is 24.5 Å². The van der Waals surface area contributed by atoms with Crippen LogP contribution in [0, 0.1) is 5.92 Å². The van der Waals surface area contributed by atoms with Gasteiger partial charge in [-0.2, -0.15) is 0 Å². The van der Waals surface area contributed by atoms with Gasteiger partial charge in [0.15, 0.2) is 0 Å². The highest BCUT2D eigenvalue weighted by atomic mass is 16.4. The van der Waals surface area contributed by atoms with E-state index in [1.165, 1.54) is 0 Å². The smallest absolute Gasteiger partial charge is 0.337 e. The van der Waals surface area contributed by atoms with E-state index in [-0.39, 0.29) is 5.56 Å². The summed E-state index contributed by atoms with van der Waals surface area (Å²) in [5.74, 6) is -0.245. The van der Waals surface area contributed by atoms with Crippen LogP contribution in [0.25, 0.3) is 11.0 Å². The molecule has 0 spiro atoms. The summed E-state index contributed by atoms with van der Waals surface area (Å²) >= 11 is 0. The quantitative estimate of drug-likeness (QED) is 0.838. The molecule has 2 unspecified atom stereocenters. The number of carboxylic acids is 1. The maximum atomic E-state index is 11.0. The van der Waals surface area contributed by atoms with Crippen LogP contribution in [0.4, 0.5) is 0 Å². The average Bonchev–Trinajstić information content (AvgIpc) is 2.83. The second-order valence-electron chi connectivity index (χ2n) is 4.41. The Morgan fingerprint density at radius 3 is 2.94 bits per heavy atom. The van der Waals surface area contributed by atoms with Crippen LogP contribution >= 0.6 is 0 Å².